The second kappa shape index (κ2) is 7.89. The Kier molecular flexibility index (Phi) is 6.08. The number of carbonyl (C=O) groups is 1. The molecule has 0 aliphatic heterocycles. The fourth-order valence-electron chi connectivity index (χ4n) is 2.49. The summed E-state index contributed by atoms with van der Waals surface area (Å²) in [5, 5.41) is 0.485. The molecule has 2 aromatic rings. The lowest BCUT2D eigenvalue weighted by Gasteiger charge is -2.25. The molecule has 0 aliphatic carbocycles. The van der Waals surface area contributed by atoms with E-state index in [0.717, 1.165) is 11.9 Å². The van der Waals surface area contributed by atoms with Crippen molar-refractivity contribution in [3.63, 3.8) is 0 Å². The van der Waals surface area contributed by atoms with Crippen LogP contribution < -0.4 is 9.21 Å². The molecule has 0 saturated heterocycles. The van der Waals surface area contributed by atoms with Gasteiger partial charge in [-0.1, -0.05) is 35.9 Å². The minimum atomic E-state index is -3.54. The second-order valence-electron chi connectivity index (χ2n) is 5.76. The third kappa shape index (κ3) is 4.74. The molecule has 2 rings (SSSR count). The van der Waals surface area contributed by atoms with E-state index in [1.165, 1.54) is 9.21 Å². The van der Waals surface area contributed by atoms with Gasteiger partial charge in [0.05, 0.1) is 11.9 Å². The van der Waals surface area contributed by atoms with Crippen molar-refractivity contribution in [1.29, 1.82) is 0 Å². The molecule has 5 nitrogen and oxygen atoms in total. The van der Waals surface area contributed by atoms with E-state index in [1.54, 1.807) is 32.2 Å². The number of rotatable bonds is 6. The fourth-order valence-corrected chi connectivity index (χ4v) is 3.64. The summed E-state index contributed by atoms with van der Waals surface area (Å²) in [6.45, 7) is 1.81. The monoisotopic (exact) mass is 380 g/mol. The summed E-state index contributed by atoms with van der Waals surface area (Å²) in [6.07, 6.45) is 1.18. The SMILES string of the molecule is Cc1c(Cl)cccc1N(CCC(=O)N(C)c1ccccc1)S(C)(=O)=O. The Morgan fingerprint density at radius 2 is 1.72 bits per heavy atom. The molecule has 0 aliphatic rings. The number of carbonyl (C=O) groups excluding carboxylic acids is 1. The average Bonchev–Trinajstić information content (AvgIpc) is 2.57. The topological polar surface area (TPSA) is 57.7 Å². The van der Waals surface area contributed by atoms with E-state index in [1.807, 2.05) is 30.3 Å². The van der Waals surface area contributed by atoms with Crippen molar-refractivity contribution in [3.05, 3.63) is 59.1 Å². The standard InChI is InChI=1S/C18H21ClN2O3S/c1-14-16(19)10-7-11-17(14)21(25(3,23)24)13-12-18(22)20(2)15-8-5-4-6-9-15/h4-11H,12-13H2,1-3H3. The lowest BCUT2D eigenvalue weighted by Crippen LogP contribution is -2.35. The molecular weight excluding hydrogens is 360 g/mol. The van der Waals surface area contributed by atoms with Crippen molar-refractivity contribution in [2.75, 3.05) is 29.1 Å². The molecule has 0 fully saturated rings. The van der Waals surface area contributed by atoms with Crippen LogP contribution in [0, 0.1) is 6.92 Å². The zero-order chi connectivity index (χ0) is 18.6. The molecule has 0 aromatic heterocycles. The van der Waals surface area contributed by atoms with Gasteiger partial charge in [0.2, 0.25) is 15.9 Å². The highest BCUT2D eigenvalue weighted by Crippen LogP contribution is 2.28. The first-order valence-electron chi connectivity index (χ1n) is 7.76. The summed E-state index contributed by atoms with van der Waals surface area (Å²) in [6, 6.07) is 14.3. The third-order valence-electron chi connectivity index (χ3n) is 3.95. The van der Waals surface area contributed by atoms with Crippen molar-refractivity contribution in [2.45, 2.75) is 13.3 Å². The van der Waals surface area contributed by atoms with Gasteiger partial charge in [0.25, 0.3) is 0 Å². The number of nitrogens with zero attached hydrogens (tertiary/aromatic N) is 2. The Hall–Kier alpha value is -2.05. The first-order valence-corrected chi connectivity index (χ1v) is 9.99. The molecule has 0 bridgehead atoms. The van der Waals surface area contributed by atoms with Crippen molar-refractivity contribution in [2.24, 2.45) is 0 Å². The van der Waals surface area contributed by atoms with E-state index in [-0.39, 0.29) is 18.9 Å². The van der Waals surface area contributed by atoms with Crippen LogP contribution in [-0.2, 0) is 14.8 Å². The molecule has 0 saturated carbocycles. The Labute approximate surface area is 153 Å². The smallest absolute Gasteiger partial charge is 0.232 e. The predicted octanol–water partition coefficient (Wildman–Crippen LogP) is 3.47. The maximum absolute atomic E-state index is 12.4. The number of sulfonamides is 1. The Balaban J connectivity index is 2.19. The van der Waals surface area contributed by atoms with Gasteiger partial charge in [-0.05, 0) is 36.8 Å². The van der Waals surface area contributed by atoms with Crippen LogP contribution >= 0.6 is 11.6 Å². The maximum atomic E-state index is 12.4. The molecule has 134 valence electrons. The fraction of sp³-hybridized carbons (Fsp3) is 0.278. The summed E-state index contributed by atoms with van der Waals surface area (Å²) in [4.78, 5) is 14.0. The summed E-state index contributed by atoms with van der Waals surface area (Å²) in [5.41, 5.74) is 1.92. The van der Waals surface area contributed by atoms with Crippen molar-refractivity contribution < 1.29 is 13.2 Å². The molecule has 2 aromatic carbocycles. The van der Waals surface area contributed by atoms with Crippen LogP contribution in [0.3, 0.4) is 0 Å². The second-order valence-corrected chi connectivity index (χ2v) is 8.07. The summed E-state index contributed by atoms with van der Waals surface area (Å²) in [5.74, 6) is -0.167. The predicted molar refractivity (Wildman–Crippen MR) is 103 cm³/mol. The van der Waals surface area contributed by atoms with Crippen molar-refractivity contribution in [3.8, 4) is 0 Å². The molecule has 25 heavy (non-hydrogen) atoms. The van der Waals surface area contributed by atoms with E-state index in [2.05, 4.69) is 0 Å². The molecule has 7 heteroatoms. The van der Waals surface area contributed by atoms with E-state index in [9.17, 15) is 13.2 Å². The Morgan fingerprint density at radius 3 is 2.32 bits per heavy atom. The Morgan fingerprint density at radius 1 is 1.08 bits per heavy atom. The molecule has 0 atom stereocenters. The average molecular weight is 381 g/mol. The van der Waals surface area contributed by atoms with Crippen LogP contribution in [0.4, 0.5) is 11.4 Å². The zero-order valence-electron chi connectivity index (χ0n) is 14.4. The minimum Gasteiger partial charge on any atom is -0.315 e. The quantitative estimate of drug-likeness (QED) is 0.771. The van der Waals surface area contributed by atoms with E-state index < -0.39 is 10.0 Å². The molecule has 0 radical (unpaired) electrons. The molecule has 0 N–H and O–H groups in total. The van der Waals surface area contributed by atoms with Crippen LogP contribution in [0.1, 0.15) is 12.0 Å². The van der Waals surface area contributed by atoms with E-state index in [4.69, 9.17) is 11.6 Å². The van der Waals surface area contributed by atoms with Gasteiger partial charge in [-0.25, -0.2) is 8.42 Å². The van der Waals surface area contributed by atoms with Crippen LogP contribution in [0.25, 0.3) is 0 Å². The number of hydrogen-bond acceptors (Lipinski definition) is 3. The van der Waals surface area contributed by atoms with Gasteiger partial charge >= 0.3 is 0 Å². The van der Waals surface area contributed by atoms with Crippen LogP contribution in [0.15, 0.2) is 48.5 Å². The van der Waals surface area contributed by atoms with Crippen LogP contribution in [0.2, 0.25) is 5.02 Å². The normalized spacial score (nSPS) is 11.2. The Bertz CT molecular complexity index is 854. The van der Waals surface area contributed by atoms with Crippen LogP contribution in [-0.4, -0.2) is 34.2 Å². The molecule has 1 amide bonds. The van der Waals surface area contributed by atoms with Gasteiger partial charge < -0.3 is 4.90 Å². The van der Waals surface area contributed by atoms with Crippen molar-refractivity contribution >= 4 is 38.9 Å². The van der Waals surface area contributed by atoms with Crippen LogP contribution in [0.5, 0.6) is 0 Å². The largest absolute Gasteiger partial charge is 0.315 e. The highest BCUT2D eigenvalue weighted by molar-refractivity contribution is 7.92. The molecule has 0 unspecified atom stereocenters. The zero-order valence-corrected chi connectivity index (χ0v) is 16.0. The summed E-state index contributed by atoms with van der Waals surface area (Å²) in [7, 11) is -1.87. The number of halogens is 1. The van der Waals surface area contributed by atoms with Gasteiger partial charge in [0, 0.05) is 30.7 Å². The number of hydrogen-bond donors (Lipinski definition) is 0. The van der Waals surface area contributed by atoms with E-state index in [0.29, 0.717) is 16.3 Å². The minimum absolute atomic E-state index is 0.0516. The van der Waals surface area contributed by atoms with Gasteiger partial charge in [-0.15, -0.1) is 0 Å². The number of benzene rings is 2. The van der Waals surface area contributed by atoms with Gasteiger partial charge in [-0.2, -0.15) is 0 Å². The number of para-hydroxylation sites is 1. The lowest BCUT2D eigenvalue weighted by atomic mass is 10.2. The van der Waals surface area contributed by atoms with Gasteiger partial charge in [0.1, 0.15) is 0 Å². The van der Waals surface area contributed by atoms with Gasteiger partial charge in [0.15, 0.2) is 0 Å². The molecular formula is C18H21ClN2O3S. The van der Waals surface area contributed by atoms with Crippen molar-refractivity contribution in [1.82, 2.24) is 0 Å². The number of amides is 1. The molecule has 0 heterocycles. The first kappa shape index (κ1) is 19.3. The highest BCUT2D eigenvalue weighted by atomic mass is 35.5. The molecule has 0 spiro atoms. The first-order chi connectivity index (χ1) is 11.7. The third-order valence-corrected chi connectivity index (χ3v) is 5.54. The van der Waals surface area contributed by atoms with Gasteiger partial charge in [-0.3, -0.25) is 9.10 Å². The number of anilines is 2. The summed E-state index contributed by atoms with van der Waals surface area (Å²) < 4.78 is 25.6. The summed E-state index contributed by atoms with van der Waals surface area (Å²) >= 11 is 6.10. The lowest BCUT2D eigenvalue weighted by molar-refractivity contribution is -0.118. The highest BCUT2D eigenvalue weighted by Gasteiger charge is 2.22. The van der Waals surface area contributed by atoms with E-state index >= 15 is 0 Å². The maximum Gasteiger partial charge on any atom is 0.232 e.